The molecule has 0 spiro atoms. The molecule has 0 bridgehead atoms. The highest BCUT2D eigenvalue weighted by Crippen LogP contribution is 2.19. The van der Waals surface area contributed by atoms with Crippen LogP contribution in [0.2, 0.25) is 5.02 Å². The topological polar surface area (TPSA) is 80.0 Å². The van der Waals surface area contributed by atoms with Gasteiger partial charge in [0.15, 0.2) is 0 Å². The van der Waals surface area contributed by atoms with Crippen LogP contribution in [0.4, 0.5) is 11.5 Å². The third-order valence-electron chi connectivity index (χ3n) is 2.31. The summed E-state index contributed by atoms with van der Waals surface area (Å²) in [4.78, 5) is 15.8. The largest absolute Gasteiger partial charge is 0.396 e. The standard InChI is InChI=1S/C12H19ClN4O/c1-7(2)5-16-12(18)8(3)17-11-10(14)4-9(13)6-15-11/h4,6-8H,5,14H2,1-3H3,(H,15,17)(H,16,18). The third kappa shape index (κ3) is 4.41. The van der Waals surface area contributed by atoms with Gasteiger partial charge in [-0.05, 0) is 18.9 Å². The fourth-order valence-corrected chi connectivity index (χ4v) is 1.47. The number of nitrogens with zero attached hydrogens (tertiary/aromatic N) is 1. The first kappa shape index (κ1) is 14.6. The van der Waals surface area contributed by atoms with E-state index in [0.717, 1.165) is 0 Å². The van der Waals surface area contributed by atoms with Gasteiger partial charge in [-0.3, -0.25) is 4.79 Å². The summed E-state index contributed by atoms with van der Waals surface area (Å²) in [6.45, 7) is 6.48. The number of rotatable bonds is 5. The number of aromatic nitrogens is 1. The zero-order valence-electron chi connectivity index (χ0n) is 10.8. The van der Waals surface area contributed by atoms with Gasteiger partial charge < -0.3 is 16.4 Å². The highest BCUT2D eigenvalue weighted by Gasteiger charge is 2.14. The number of anilines is 2. The van der Waals surface area contributed by atoms with Crippen molar-refractivity contribution < 1.29 is 4.79 Å². The molecule has 0 aliphatic rings. The molecule has 0 radical (unpaired) electrons. The van der Waals surface area contributed by atoms with E-state index >= 15 is 0 Å². The molecule has 1 atom stereocenters. The van der Waals surface area contributed by atoms with Gasteiger partial charge in [0.25, 0.3) is 0 Å². The van der Waals surface area contributed by atoms with Gasteiger partial charge in [0.2, 0.25) is 5.91 Å². The second kappa shape index (κ2) is 6.44. The molecule has 4 N–H and O–H groups in total. The molecule has 1 aromatic rings. The molecule has 5 nitrogen and oxygen atoms in total. The van der Waals surface area contributed by atoms with E-state index in [4.69, 9.17) is 17.3 Å². The molecule has 1 amide bonds. The summed E-state index contributed by atoms with van der Waals surface area (Å²) in [5.41, 5.74) is 6.17. The van der Waals surface area contributed by atoms with Crippen LogP contribution in [0.5, 0.6) is 0 Å². The Kier molecular flexibility index (Phi) is 5.22. The Balaban J connectivity index is 2.58. The van der Waals surface area contributed by atoms with Crippen LogP contribution in [0.1, 0.15) is 20.8 Å². The number of hydrogen-bond acceptors (Lipinski definition) is 4. The maximum atomic E-state index is 11.8. The van der Waals surface area contributed by atoms with Gasteiger partial charge in [-0.25, -0.2) is 4.98 Å². The van der Waals surface area contributed by atoms with Gasteiger partial charge in [0.05, 0.1) is 10.7 Å². The minimum absolute atomic E-state index is 0.0835. The van der Waals surface area contributed by atoms with Crippen molar-refractivity contribution in [3.05, 3.63) is 17.3 Å². The third-order valence-corrected chi connectivity index (χ3v) is 2.52. The number of nitrogens with one attached hydrogen (secondary N) is 2. The van der Waals surface area contributed by atoms with E-state index in [1.807, 2.05) is 13.8 Å². The first-order chi connectivity index (χ1) is 8.40. The number of carbonyl (C=O) groups is 1. The van der Waals surface area contributed by atoms with Crippen molar-refractivity contribution in [3.8, 4) is 0 Å². The maximum Gasteiger partial charge on any atom is 0.242 e. The van der Waals surface area contributed by atoms with Crippen molar-refractivity contribution in [1.29, 1.82) is 0 Å². The number of hydrogen-bond donors (Lipinski definition) is 3. The fraction of sp³-hybridized carbons (Fsp3) is 0.500. The van der Waals surface area contributed by atoms with Crippen molar-refractivity contribution in [2.45, 2.75) is 26.8 Å². The highest BCUT2D eigenvalue weighted by atomic mass is 35.5. The van der Waals surface area contributed by atoms with Crippen molar-refractivity contribution in [1.82, 2.24) is 10.3 Å². The second-order valence-corrected chi connectivity index (χ2v) is 5.03. The SMILES string of the molecule is CC(C)CNC(=O)C(C)Nc1ncc(Cl)cc1N. The Morgan fingerprint density at radius 3 is 2.72 bits per heavy atom. The van der Waals surface area contributed by atoms with Crippen molar-refractivity contribution in [2.75, 3.05) is 17.6 Å². The van der Waals surface area contributed by atoms with E-state index in [0.29, 0.717) is 29.0 Å². The minimum atomic E-state index is -0.403. The van der Waals surface area contributed by atoms with Crippen LogP contribution in [-0.4, -0.2) is 23.5 Å². The molecule has 0 aliphatic heterocycles. The Labute approximate surface area is 112 Å². The molecule has 1 rings (SSSR count). The van der Waals surface area contributed by atoms with Crippen LogP contribution < -0.4 is 16.4 Å². The molecule has 0 aromatic carbocycles. The van der Waals surface area contributed by atoms with E-state index in [1.165, 1.54) is 6.20 Å². The molecule has 100 valence electrons. The number of pyridine rings is 1. The molecule has 0 fully saturated rings. The maximum absolute atomic E-state index is 11.8. The second-order valence-electron chi connectivity index (χ2n) is 4.60. The van der Waals surface area contributed by atoms with Gasteiger partial charge in [0.1, 0.15) is 11.9 Å². The minimum Gasteiger partial charge on any atom is -0.396 e. The Hall–Kier alpha value is -1.49. The summed E-state index contributed by atoms with van der Waals surface area (Å²) in [7, 11) is 0. The quantitative estimate of drug-likeness (QED) is 0.763. The van der Waals surface area contributed by atoms with Gasteiger partial charge in [-0.1, -0.05) is 25.4 Å². The lowest BCUT2D eigenvalue weighted by atomic mass is 10.2. The number of nitrogen functional groups attached to an aromatic ring is 1. The van der Waals surface area contributed by atoms with Crippen molar-refractivity contribution in [3.63, 3.8) is 0 Å². The first-order valence-electron chi connectivity index (χ1n) is 5.85. The van der Waals surface area contributed by atoms with Gasteiger partial charge in [-0.15, -0.1) is 0 Å². The van der Waals surface area contributed by atoms with E-state index in [2.05, 4.69) is 15.6 Å². The number of nitrogens with two attached hydrogens (primary N) is 1. The Bertz CT molecular complexity index is 423. The summed E-state index contributed by atoms with van der Waals surface area (Å²) < 4.78 is 0. The van der Waals surface area contributed by atoms with Gasteiger partial charge >= 0.3 is 0 Å². The molecule has 0 saturated heterocycles. The van der Waals surface area contributed by atoms with E-state index in [1.54, 1.807) is 13.0 Å². The lowest BCUT2D eigenvalue weighted by molar-refractivity contribution is -0.121. The normalized spacial score (nSPS) is 12.3. The fourth-order valence-electron chi connectivity index (χ4n) is 1.30. The number of amides is 1. The Morgan fingerprint density at radius 1 is 1.50 bits per heavy atom. The molecule has 6 heteroatoms. The average molecular weight is 271 g/mol. The van der Waals surface area contributed by atoms with Crippen LogP contribution in [-0.2, 0) is 4.79 Å². The number of carbonyl (C=O) groups excluding carboxylic acids is 1. The molecular formula is C12H19ClN4O. The molecule has 0 saturated carbocycles. The van der Waals surface area contributed by atoms with Crippen LogP contribution in [0.25, 0.3) is 0 Å². The average Bonchev–Trinajstić information content (AvgIpc) is 2.29. The lowest BCUT2D eigenvalue weighted by Crippen LogP contribution is -2.39. The first-order valence-corrected chi connectivity index (χ1v) is 6.23. The van der Waals surface area contributed by atoms with E-state index in [-0.39, 0.29) is 5.91 Å². The monoisotopic (exact) mass is 270 g/mol. The molecule has 1 unspecified atom stereocenters. The molecule has 18 heavy (non-hydrogen) atoms. The summed E-state index contributed by atoms with van der Waals surface area (Å²) in [6, 6.07) is 1.19. The van der Waals surface area contributed by atoms with E-state index < -0.39 is 6.04 Å². The highest BCUT2D eigenvalue weighted by molar-refractivity contribution is 6.30. The van der Waals surface area contributed by atoms with Gasteiger partial charge in [-0.2, -0.15) is 0 Å². The zero-order chi connectivity index (χ0) is 13.7. The Morgan fingerprint density at radius 2 is 2.17 bits per heavy atom. The van der Waals surface area contributed by atoms with Crippen molar-refractivity contribution in [2.24, 2.45) is 5.92 Å². The summed E-state index contributed by atoms with van der Waals surface area (Å²) in [5.74, 6) is 0.798. The van der Waals surface area contributed by atoms with E-state index in [9.17, 15) is 4.79 Å². The molecule has 1 aromatic heterocycles. The smallest absolute Gasteiger partial charge is 0.242 e. The number of halogens is 1. The molecular weight excluding hydrogens is 252 g/mol. The van der Waals surface area contributed by atoms with Crippen LogP contribution in [0, 0.1) is 5.92 Å². The predicted molar refractivity (Wildman–Crippen MR) is 74.6 cm³/mol. The lowest BCUT2D eigenvalue weighted by Gasteiger charge is -2.16. The summed E-state index contributed by atoms with van der Waals surface area (Å²) in [6.07, 6.45) is 1.49. The van der Waals surface area contributed by atoms with Crippen LogP contribution >= 0.6 is 11.6 Å². The van der Waals surface area contributed by atoms with Crippen molar-refractivity contribution >= 4 is 29.0 Å². The molecule has 1 heterocycles. The van der Waals surface area contributed by atoms with Gasteiger partial charge in [0, 0.05) is 12.7 Å². The summed E-state index contributed by atoms with van der Waals surface area (Å²) >= 11 is 5.75. The summed E-state index contributed by atoms with van der Waals surface area (Å²) in [5, 5.41) is 6.26. The predicted octanol–water partition coefficient (Wildman–Crippen LogP) is 1.89. The zero-order valence-corrected chi connectivity index (χ0v) is 11.6. The van der Waals surface area contributed by atoms with Crippen LogP contribution in [0.15, 0.2) is 12.3 Å². The van der Waals surface area contributed by atoms with Crippen LogP contribution in [0.3, 0.4) is 0 Å². The molecule has 0 aliphatic carbocycles.